The van der Waals surface area contributed by atoms with E-state index in [0.717, 1.165) is 56.1 Å². The van der Waals surface area contributed by atoms with Crippen LogP contribution in [0.3, 0.4) is 0 Å². The van der Waals surface area contributed by atoms with Gasteiger partial charge in [-0.1, -0.05) is 81.7 Å². The first kappa shape index (κ1) is 41.9. The zero-order chi connectivity index (χ0) is 39.9. The molecule has 0 aliphatic carbocycles. The van der Waals surface area contributed by atoms with Crippen LogP contribution in [0, 0.1) is 11.8 Å². The Balaban J connectivity index is 1.35. The molecule has 1 amide bonds. The van der Waals surface area contributed by atoms with Crippen LogP contribution in [-0.4, -0.2) is 79.0 Å². The molecule has 0 radical (unpaired) electrons. The van der Waals surface area contributed by atoms with Crippen LogP contribution in [0.2, 0.25) is 0 Å². The number of benzene rings is 2. The molecule has 0 bridgehead atoms. The Kier molecular flexibility index (Phi) is 14.0. The van der Waals surface area contributed by atoms with E-state index in [0.29, 0.717) is 53.7 Å². The Morgan fingerprint density at radius 3 is 2.36 bits per heavy atom. The van der Waals surface area contributed by atoms with Crippen molar-refractivity contribution in [1.82, 2.24) is 5.32 Å². The van der Waals surface area contributed by atoms with E-state index in [-0.39, 0.29) is 19.1 Å². The van der Waals surface area contributed by atoms with Gasteiger partial charge in [0.15, 0.2) is 23.4 Å². The van der Waals surface area contributed by atoms with Gasteiger partial charge in [-0.05, 0) is 76.6 Å². The Morgan fingerprint density at radius 2 is 1.61 bits per heavy atom. The van der Waals surface area contributed by atoms with Gasteiger partial charge in [0.1, 0.15) is 42.3 Å². The highest BCUT2D eigenvalue weighted by atomic mass is 16.9. The highest BCUT2D eigenvalue weighted by molar-refractivity contribution is 6.06. The van der Waals surface area contributed by atoms with Gasteiger partial charge < -0.3 is 43.3 Å². The first-order valence-corrected chi connectivity index (χ1v) is 20.5. The molecule has 4 heterocycles. The van der Waals surface area contributed by atoms with Crippen molar-refractivity contribution in [3.8, 4) is 11.8 Å². The molecular formula is C45H59NO10. The van der Waals surface area contributed by atoms with E-state index in [1.165, 1.54) is 0 Å². The maximum Gasteiger partial charge on any atom is 0.342 e. The summed E-state index contributed by atoms with van der Waals surface area (Å²) in [6.07, 6.45) is 5.15. The van der Waals surface area contributed by atoms with Gasteiger partial charge in [-0.2, -0.15) is 0 Å². The van der Waals surface area contributed by atoms with Gasteiger partial charge in [-0.15, -0.1) is 0 Å². The number of aryl methyl sites for hydroxylation is 1. The zero-order valence-electron chi connectivity index (χ0n) is 33.8. The van der Waals surface area contributed by atoms with Crippen molar-refractivity contribution in [1.29, 1.82) is 0 Å². The third-order valence-electron chi connectivity index (χ3n) is 10.5. The number of esters is 1. The molecule has 3 aliphatic heterocycles. The van der Waals surface area contributed by atoms with Gasteiger partial charge in [0.2, 0.25) is 5.91 Å². The largest absolute Gasteiger partial charge is 0.459 e. The number of amides is 1. The van der Waals surface area contributed by atoms with Crippen molar-refractivity contribution in [2.24, 2.45) is 0 Å². The van der Waals surface area contributed by atoms with Crippen molar-refractivity contribution < 1.29 is 47.5 Å². The molecule has 3 aliphatic rings. The molecule has 6 atom stereocenters. The Hall–Kier alpha value is -3.76. The summed E-state index contributed by atoms with van der Waals surface area (Å²) in [7, 11) is 0. The molecule has 6 rings (SSSR count). The minimum absolute atomic E-state index is 0.0123. The molecule has 56 heavy (non-hydrogen) atoms. The number of unbranched alkanes of at least 4 members (excludes halogenated alkanes) is 5. The number of rotatable bonds is 17. The minimum atomic E-state index is -0.892. The maximum atomic E-state index is 14.4. The second-order valence-corrected chi connectivity index (χ2v) is 16.0. The number of hydrogen-bond acceptors (Lipinski definition) is 10. The molecule has 2 N–H and O–H groups in total. The van der Waals surface area contributed by atoms with E-state index in [9.17, 15) is 14.7 Å². The third kappa shape index (κ3) is 10.0. The van der Waals surface area contributed by atoms with Gasteiger partial charge >= 0.3 is 5.97 Å². The summed E-state index contributed by atoms with van der Waals surface area (Å²) in [5.74, 6) is 4.27. The number of ether oxygens (including phenoxy) is 6. The fourth-order valence-electron chi connectivity index (χ4n) is 7.83. The number of nitrogens with one attached hydrogen (secondary N) is 1. The van der Waals surface area contributed by atoms with Gasteiger partial charge in [0, 0.05) is 31.4 Å². The molecule has 3 aromatic rings. The summed E-state index contributed by atoms with van der Waals surface area (Å²) in [4.78, 5) is 28.1. The van der Waals surface area contributed by atoms with Crippen molar-refractivity contribution >= 4 is 22.8 Å². The fraction of sp³-hybridized carbons (Fsp3) is 0.600. The minimum Gasteiger partial charge on any atom is -0.459 e. The zero-order valence-corrected chi connectivity index (χ0v) is 33.8. The molecule has 3 saturated heterocycles. The van der Waals surface area contributed by atoms with Gasteiger partial charge in [0.05, 0.1) is 11.5 Å². The van der Waals surface area contributed by atoms with Crippen LogP contribution in [0.1, 0.15) is 132 Å². The maximum absolute atomic E-state index is 14.4. The van der Waals surface area contributed by atoms with E-state index >= 15 is 0 Å². The topological polar surface area (TPSA) is 135 Å². The van der Waals surface area contributed by atoms with E-state index < -0.39 is 54.2 Å². The molecule has 1 aromatic heterocycles. The monoisotopic (exact) mass is 773 g/mol. The highest BCUT2D eigenvalue weighted by Crippen LogP contribution is 2.44. The van der Waals surface area contributed by atoms with Gasteiger partial charge in [-0.3, -0.25) is 4.79 Å². The highest BCUT2D eigenvalue weighted by Gasteiger charge is 2.61. The molecule has 11 heteroatoms. The van der Waals surface area contributed by atoms with E-state index in [1.54, 1.807) is 0 Å². The first-order valence-electron chi connectivity index (χ1n) is 20.5. The van der Waals surface area contributed by atoms with Crippen LogP contribution in [-0.2, 0) is 46.1 Å². The van der Waals surface area contributed by atoms with Crippen molar-refractivity contribution in [2.45, 2.75) is 154 Å². The summed E-state index contributed by atoms with van der Waals surface area (Å²) >= 11 is 0. The van der Waals surface area contributed by atoms with Gasteiger partial charge in [0.25, 0.3) is 0 Å². The molecule has 0 saturated carbocycles. The SMILES string of the molecule is CCCCCC#Cc1cc(CC(C(=O)NCCCO)c2ccccc2)cc2c(C(=O)OCC3OC4OC(C)(C)OC4C4OC(C)(C)OC34)c(CCCCC)oc12. The summed E-state index contributed by atoms with van der Waals surface area (Å²) in [6, 6.07) is 13.6. The average molecular weight is 774 g/mol. The number of carbonyl (C=O) groups excluding carboxylic acids is 2. The first-order chi connectivity index (χ1) is 26.9. The Bertz CT molecular complexity index is 1860. The van der Waals surface area contributed by atoms with Crippen LogP contribution in [0.5, 0.6) is 0 Å². The predicted octanol–water partition coefficient (Wildman–Crippen LogP) is 7.48. The smallest absolute Gasteiger partial charge is 0.342 e. The lowest BCUT2D eigenvalue weighted by atomic mass is 9.89. The van der Waals surface area contributed by atoms with Gasteiger partial charge in [-0.25, -0.2) is 4.79 Å². The third-order valence-corrected chi connectivity index (χ3v) is 10.5. The molecule has 11 nitrogen and oxygen atoms in total. The van der Waals surface area contributed by atoms with E-state index in [2.05, 4.69) is 31.0 Å². The number of hydrogen-bond donors (Lipinski definition) is 2. The summed E-state index contributed by atoms with van der Waals surface area (Å²) < 4.78 is 43.8. The molecule has 6 unspecified atom stereocenters. The predicted molar refractivity (Wildman–Crippen MR) is 211 cm³/mol. The van der Waals surface area contributed by atoms with Crippen LogP contribution >= 0.6 is 0 Å². The molecule has 2 aromatic carbocycles. The van der Waals surface area contributed by atoms with E-state index in [1.807, 2.05) is 70.2 Å². The average Bonchev–Trinajstić information content (AvgIpc) is 3.81. The number of carbonyl (C=O) groups is 2. The van der Waals surface area contributed by atoms with Crippen molar-refractivity contribution in [3.63, 3.8) is 0 Å². The number of fused-ring (bicyclic) bond motifs is 4. The van der Waals surface area contributed by atoms with Crippen LogP contribution < -0.4 is 5.32 Å². The lowest BCUT2D eigenvalue weighted by Crippen LogP contribution is -2.56. The molecular weight excluding hydrogens is 714 g/mol. The summed E-state index contributed by atoms with van der Waals surface area (Å²) in [5, 5.41) is 12.9. The number of aliphatic hydroxyl groups is 1. The molecule has 0 spiro atoms. The van der Waals surface area contributed by atoms with Crippen LogP contribution in [0.4, 0.5) is 0 Å². The normalized spacial score (nSPS) is 23.9. The molecule has 304 valence electrons. The Labute approximate surface area is 331 Å². The quantitative estimate of drug-likeness (QED) is 0.0808. The Morgan fingerprint density at radius 1 is 0.893 bits per heavy atom. The lowest BCUT2D eigenvalue weighted by molar-refractivity contribution is -0.240. The van der Waals surface area contributed by atoms with Crippen molar-refractivity contribution in [3.05, 3.63) is 70.5 Å². The second-order valence-electron chi connectivity index (χ2n) is 16.0. The van der Waals surface area contributed by atoms with Crippen molar-refractivity contribution in [2.75, 3.05) is 19.8 Å². The number of aliphatic hydroxyl groups excluding tert-OH is 1. The van der Waals surface area contributed by atoms with Crippen LogP contribution in [0.15, 0.2) is 46.9 Å². The lowest BCUT2D eigenvalue weighted by Gasteiger charge is -2.36. The summed E-state index contributed by atoms with van der Waals surface area (Å²) in [5.41, 5.74) is 3.25. The summed E-state index contributed by atoms with van der Waals surface area (Å²) in [6.45, 7) is 11.9. The van der Waals surface area contributed by atoms with E-state index in [4.69, 9.17) is 32.8 Å². The molecule has 3 fully saturated rings. The second kappa shape index (κ2) is 18.7. The van der Waals surface area contributed by atoms with Crippen LogP contribution in [0.25, 0.3) is 11.0 Å². The standard InChI is InChI=1S/C45H59NO10/c1-7-9-11-12-15-21-31-25-29(26-32(30-19-16-13-17-20-30)41(48)46-23-18-24-47)27-33-36(34(51-37(31)33)22-14-10-8-2)42(49)50-28-35-38-39(54-44(3,4)53-38)40-43(52-35)56-45(5,6)55-40/h13,16-17,19-20,25,27,32,35,38-40,43,47H,7-12,14,18,22-24,26,28H2,1-6H3,(H,46,48). The fourth-order valence-corrected chi connectivity index (χ4v) is 7.83. The number of furan rings is 1.